The molecule has 4 amide bonds. The van der Waals surface area contributed by atoms with Gasteiger partial charge in [0.15, 0.2) is 5.54 Å². The van der Waals surface area contributed by atoms with E-state index in [2.05, 4.69) is 21.8 Å². The Balaban J connectivity index is 1.49. The Bertz CT molecular complexity index is 1390. The molecule has 0 unspecified atom stereocenters. The number of ether oxygens (including phenoxy) is 1. The third-order valence-corrected chi connectivity index (χ3v) is 6.30. The van der Waals surface area contributed by atoms with Crippen molar-refractivity contribution in [3.05, 3.63) is 71.0 Å². The van der Waals surface area contributed by atoms with Gasteiger partial charge >= 0.3 is 6.03 Å². The highest BCUT2D eigenvalue weighted by Crippen LogP contribution is 2.33. The van der Waals surface area contributed by atoms with Crippen molar-refractivity contribution in [2.75, 3.05) is 13.7 Å². The number of hydrogen-bond donors (Lipinski definition) is 2. The fourth-order valence-electron chi connectivity index (χ4n) is 4.49. The first-order valence-electron chi connectivity index (χ1n) is 10.5. The third-order valence-electron chi connectivity index (χ3n) is 6.30. The number of amides is 4. The number of imide groups is 1. The molecular weight excluding hydrogens is 436 g/mol. The van der Waals surface area contributed by atoms with Gasteiger partial charge in [0, 0.05) is 24.7 Å². The molecule has 0 spiro atoms. The number of hydrogen-bond acceptors (Lipinski definition) is 6. The first kappa shape index (κ1) is 21.2. The van der Waals surface area contributed by atoms with Crippen LogP contribution >= 0.6 is 0 Å². The molecule has 2 aliphatic heterocycles. The zero-order valence-corrected chi connectivity index (χ0v) is 18.5. The molecule has 2 N–H and O–H groups in total. The van der Waals surface area contributed by atoms with Gasteiger partial charge in [0.05, 0.1) is 19.9 Å². The largest absolute Gasteiger partial charge is 0.497 e. The topological polar surface area (TPSA) is 129 Å². The highest BCUT2D eigenvalue weighted by molar-refractivity contribution is 6.08. The fourth-order valence-corrected chi connectivity index (χ4v) is 4.49. The van der Waals surface area contributed by atoms with E-state index in [9.17, 15) is 19.6 Å². The van der Waals surface area contributed by atoms with Crippen molar-refractivity contribution >= 4 is 17.8 Å². The molecule has 5 rings (SSSR count). The molecule has 1 aromatic heterocycles. The molecule has 0 saturated carbocycles. The van der Waals surface area contributed by atoms with Gasteiger partial charge in [0.2, 0.25) is 0 Å². The van der Waals surface area contributed by atoms with E-state index in [0.29, 0.717) is 34.7 Å². The van der Waals surface area contributed by atoms with E-state index >= 15 is 0 Å². The second kappa shape index (κ2) is 7.74. The van der Waals surface area contributed by atoms with Gasteiger partial charge in [-0.3, -0.25) is 19.6 Å². The van der Waals surface area contributed by atoms with E-state index in [1.165, 1.54) is 16.7 Å². The Morgan fingerprint density at radius 3 is 2.56 bits per heavy atom. The van der Waals surface area contributed by atoms with Gasteiger partial charge in [-0.1, -0.05) is 30.3 Å². The maximum absolute atomic E-state index is 13.1. The Morgan fingerprint density at radius 2 is 1.91 bits per heavy atom. The predicted octanol–water partition coefficient (Wildman–Crippen LogP) is 1.66. The van der Waals surface area contributed by atoms with Gasteiger partial charge in [0.25, 0.3) is 11.8 Å². The van der Waals surface area contributed by atoms with Crippen LogP contribution < -0.4 is 15.4 Å². The Hall–Kier alpha value is -4.65. The van der Waals surface area contributed by atoms with Crippen LogP contribution in [0.3, 0.4) is 0 Å². The fraction of sp³-hybridized carbons (Fsp3) is 0.208. The number of benzene rings is 2. The van der Waals surface area contributed by atoms with Crippen molar-refractivity contribution in [2.24, 2.45) is 7.05 Å². The lowest BCUT2D eigenvalue weighted by atomic mass is 9.88. The Morgan fingerprint density at radius 1 is 1.15 bits per heavy atom. The van der Waals surface area contributed by atoms with Gasteiger partial charge < -0.3 is 15.0 Å². The first-order chi connectivity index (χ1) is 16.4. The molecule has 0 bridgehead atoms. The second-order valence-electron chi connectivity index (χ2n) is 8.22. The molecule has 0 radical (unpaired) electrons. The summed E-state index contributed by atoms with van der Waals surface area (Å²) in [5.74, 6) is -0.211. The number of nitrogens with one attached hydrogen (secondary N) is 2. The molecule has 170 valence electrons. The predicted molar refractivity (Wildman–Crippen MR) is 119 cm³/mol. The lowest BCUT2D eigenvalue weighted by Crippen LogP contribution is -2.52. The summed E-state index contributed by atoms with van der Waals surface area (Å²) < 4.78 is 6.71. The van der Waals surface area contributed by atoms with Gasteiger partial charge in [-0.15, -0.1) is 0 Å². The van der Waals surface area contributed by atoms with Crippen LogP contribution in [0.5, 0.6) is 5.75 Å². The van der Waals surface area contributed by atoms with Crippen LogP contribution in [0.25, 0.3) is 11.1 Å². The normalized spacial score (nSPS) is 19.0. The molecule has 3 heterocycles. The highest BCUT2D eigenvalue weighted by Gasteiger charge is 2.50. The van der Waals surface area contributed by atoms with Crippen LogP contribution in [0.2, 0.25) is 0 Å². The zero-order valence-electron chi connectivity index (χ0n) is 18.5. The van der Waals surface area contributed by atoms with Crippen LogP contribution in [0.15, 0.2) is 48.7 Å². The number of carbonyl (C=O) groups is 3. The summed E-state index contributed by atoms with van der Waals surface area (Å²) in [6, 6.07) is 13.7. The molecule has 10 nitrogen and oxygen atoms in total. The molecule has 10 heteroatoms. The summed E-state index contributed by atoms with van der Waals surface area (Å²) in [6.07, 6.45) is 1.60. The second-order valence-corrected chi connectivity index (χ2v) is 8.22. The molecule has 3 aromatic rings. The third kappa shape index (κ3) is 3.17. The van der Waals surface area contributed by atoms with Crippen molar-refractivity contribution in [3.8, 4) is 22.9 Å². The van der Waals surface area contributed by atoms with Crippen LogP contribution in [-0.2, 0) is 23.9 Å². The molecule has 2 aromatic carbocycles. The average Bonchev–Trinajstić information content (AvgIpc) is 3.46. The summed E-state index contributed by atoms with van der Waals surface area (Å²) in [5, 5.41) is 18.6. The first-order valence-corrected chi connectivity index (χ1v) is 10.5. The quantitative estimate of drug-likeness (QED) is 0.562. The lowest BCUT2D eigenvalue weighted by Gasteiger charge is -2.31. The minimum Gasteiger partial charge on any atom is -0.497 e. The standard InChI is InChI=1S/C24H20N6O4/c1-29-20(10-25)19(11-26-29)14-3-6-16(7-4-14)24(22(32)27-23(33)28-24)13-30-12-15-5-8-17(34-2)9-18(15)21(30)31/h3-9,11H,12-13H2,1-2H3,(H2,27,28,32,33)/t24-/m0/s1. The van der Waals surface area contributed by atoms with E-state index in [1.54, 1.807) is 49.6 Å². The molecule has 0 aliphatic carbocycles. The number of methoxy groups -OCH3 is 1. The molecular formula is C24H20N6O4. The minimum absolute atomic E-state index is 0.0455. The minimum atomic E-state index is -1.45. The number of aryl methyl sites for hydroxylation is 1. The van der Waals surface area contributed by atoms with E-state index in [1.807, 2.05) is 6.07 Å². The highest BCUT2D eigenvalue weighted by atomic mass is 16.5. The van der Waals surface area contributed by atoms with Crippen LogP contribution in [0.1, 0.15) is 27.2 Å². The molecule has 1 fully saturated rings. The number of nitriles is 1. The van der Waals surface area contributed by atoms with E-state index in [4.69, 9.17) is 4.74 Å². The summed E-state index contributed by atoms with van der Waals surface area (Å²) in [4.78, 5) is 39.8. The van der Waals surface area contributed by atoms with E-state index in [0.717, 1.165) is 11.1 Å². The Labute approximate surface area is 194 Å². The van der Waals surface area contributed by atoms with Crippen molar-refractivity contribution in [2.45, 2.75) is 12.1 Å². The maximum Gasteiger partial charge on any atom is 0.322 e. The van der Waals surface area contributed by atoms with Gasteiger partial charge in [-0.2, -0.15) is 10.4 Å². The van der Waals surface area contributed by atoms with Crippen LogP contribution in [0.4, 0.5) is 4.79 Å². The SMILES string of the molecule is COc1ccc2c(c1)C(=O)N(C[C@@]1(c3ccc(-c4cnn(C)c4C#N)cc3)NC(=O)NC1=O)C2. The summed E-state index contributed by atoms with van der Waals surface area (Å²) in [5.41, 5.74) is 2.20. The van der Waals surface area contributed by atoms with Gasteiger partial charge in [-0.25, -0.2) is 4.79 Å². The Kier molecular flexibility index (Phi) is 4.83. The van der Waals surface area contributed by atoms with E-state index in [-0.39, 0.29) is 12.5 Å². The average molecular weight is 456 g/mol. The molecule has 1 atom stereocenters. The smallest absolute Gasteiger partial charge is 0.322 e. The molecule has 2 aliphatic rings. The van der Waals surface area contributed by atoms with Gasteiger partial charge in [-0.05, 0) is 28.8 Å². The van der Waals surface area contributed by atoms with Crippen molar-refractivity contribution in [1.82, 2.24) is 25.3 Å². The molecule has 1 saturated heterocycles. The van der Waals surface area contributed by atoms with Crippen molar-refractivity contribution in [1.29, 1.82) is 5.26 Å². The summed E-state index contributed by atoms with van der Waals surface area (Å²) in [7, 11) is 3.21. The summed E-state index contributed by atoms with van der Waals surface area (Å²) >= 11 is 0. The van der Waals surface area contributed by atoms with Crippen LogP contribution in [-0.4, -0.2) is 46.2 Å². The zero-order chi connectivity index (χ0) is 24.0. The number of carbonyl (C=O) groups excluding carboxylic acids is 3. The number of fused-ring (bicyclic) bond motifs is 1. The summed E-state index contributed by atoms with van der Waals surface area (Å²) in [6.45, 7) is 0.262. The maximum atomic E-state index is 13.1. The van der Waals surface area contributed by atoms with Crippen LogP contribution in [0, 0.1) is 11.3 Å². The number of nitrogens with zero attached hydrogens (tertiary/aromatic N) is 4. The number of urea groups is 1. The number of rotatable bonds is 5. The number of aromatic nitrogens is 2. The molecule has 34 heavy (non-hydrogen) atoms. The monoisotopic (exact) mass is 456 g/mol. The van der Waals surface area contributed by atoms with Crippen molar-refractivity contribution < 1.29 is 19.1 Å². The van der Waals surface area contributed by atoms with Crippen molar-refractivity contribution in [3.63, 3.8) is 0 Å². The van der Waals surface area contributed by atoms with Gasteiger partial charge in [0.1, 0.15) is 17.5 Å². The van der Waals surface area contributed by atoms with E-state index < -0.39 is 17.5 Å². The lowest BCUT2D eigenvalue weighted by molar-refractivity contribution is -0.124.